The van der Waals surface area contributed by atoms with E-state index in [0.717, 1.165) is 31.4 Å². The SMILES string of the molecule is CCC(CC)(c1ccc(CCC(O)C(C)(C)C)c(C)c1)c1ccc(-c2ccc(C)cn2)c(C)c1. The van der Waals surface area contributed by atoms with Gasteiger partial charge in [-0.25, -0.2) is 0 Å². The van der Waals surface area contributed by atoms with Gasteiger partial charge in [-0.3, -0.25) is 4.98 Å². The molecule has 0 aliphatic rings. The van der Waals surface area contributed by atoms with Gasteiger partial charge in [0.1, 0.15) is 0 Å². The van der Waals surface area contributed by atoms with Gasteiger partial charge >= 0.3 is 0 Å². The highest BCUT2D eigenvalue weighted by Gasteiger charge is 2.31. The highest BCUT2D eigenvalue weighted by Crippen LogP contribution is 2.41. The summed E-state index contributed by atoms with van der Waals surface area (Å²) in [5.41, 5.74) is 10.0. The van der Waals surface area contributed by atoms with Gasteiger partial charge in [0.2, 0.25) is 0 Å². The van der Waals surface area contributed by atoms with Crippen molar-refractivity contribution in [3.05, 3.63) is 88.1 Å². The molecule has 3 aromatic rings. The fraction of sp³-hybridized carbons (Fsp3) is 0.469. The minimum absolute atomic E-state index is 0.0157. The van der Waals surface area contributed by atoms with E-state index in [1.165, 1.54) is 38.9 Å². The summed E-state index contributed by atoms with van der Waals surface area (Å²) in [7, 11) is 0. The Bertz CT molecular complexity index is 1100. The van der Waals surface area contributed by atoms with Crippen molar-refractivity contribution >= 4 is 0 Å². The van der Waals surface area contributed by atoms with Crippen molar-refractivity contribution in [2.45, 2.75) is 92.6 Å². The van der Waals surface area contributed by atoms with Crippen LogP contribution in [0.25, 0.3) is 11.3 Å². The summed E-state index contributed by atoms with van der Waals surface area (Å²) in [5.74, 6) is 0. The molecule has 182 valence electrons. The Balaban J connectivity index is 1.93. The largest absolute Gasteiger partial charge is 0.393 e. The summed E-state index contributed by atoms with van der Waals surface area (Å²) in [4.78, 5) is 4.65. The average Bonchev–Trinajstić information content (AvgIpc) is 2.80. The lowest BCUT2D eigenvalue weighted by Gasteiger charge is -2.34. The second kappa shape index (κ2) is 10.4. The predicted octanol–water partition coefficient (Wildman–Crippen LogP) is 8.12. The number of rotatable bonds is 8. The first-order chi connectivity index (χ1) is 16.0. The highest BCUT2D eigenvalue weighted by molar-refractivity contribution is 5.65. The van der Waals surface area contributed by atoms with Gasteiger partial charge in [-0.05, 0) is 91.3 Å². The average molecular weight is 458 g/mol. The molecule has 1 unspecified atom stereocenters. The van der Waals surface area contributed by atoms with E-state index >= 15 is 0 Å². The third-order valence-electron chi connectivity index (χ3n) is 7.76. The van der Waals surface area contributed by atoms with Crippen molar-refractivity contribution < 1.29 is 5.11 Å². The maximum absolute atomic E-state index is 10.5. The lowest BCUT2D eigenvalue weighted by molar-refractivity contribution is 0.0560. The van der Waals surface area contributed by atoms with E-state index < -0.39 is 0 Å². The Hall–Kier alpha value is -2.45. The number of hydrogen-bond donors (Lipinski definition) is 1. The molecule has 3 rings (SSSR count). The van der Waals surface area contributed by atoms with Crippen LogP contribution in [0.3, 0.4) is 0 Å². The monoisotopic (exact) mass is 457 g/mol. The quantitative estimate of drug-likeness (QED) is 0.370. The first-order valence-corrected chi connectivity index (χ1v) is 12.8. The molecule has 1 atom stereocenters. The van der Waals surface area contributed by atoms with E-state index in [1.54, 1.807) is 0 Å². The maximum Gasteiger partial charge on any atom is 0.0704 e. The molecule has 0 saturated carbocycles. The first-order valence-electron chi connectivity index (χ1n) is 12.8. The number of hydrogen-bond acceptors (Lipinski definition) is 2. The van der Waals surface area contributed by atoms with E-state index in [-0.39, 0.29) is 16.9 Å². The molecule has 1 N–H and O–H groups in total. The van der Waals surface area contributed by atoms with Crippen molar-refractivity contribution in [2.24, 2.45) is 5.41 Å². The van der Waals surface area contributed by atoms with Gasteiger partial charge in [-0.15, -0.1) is 0 Å². The molecule has 1 aromatic heterocycles. The molecule has 0 aliphatic carbocycles. The van der Waals surface area contributed by atoms with E-state index in [2.05, 4.69) is 109 Å². The van der Waals surface area contributed by atoms with Gasteiger partial charge in [0.25, 0.3) is 0 Å². The molecule has 0 aliphatic heterocycles. The minimum Gasteiger partial charge on any atom is -0.393 e. The number of pyridine rings is 1. The van der Waals surface area contributed by atoms with Gasteiger partial charge in [-0.1, -0.05) is 77.1 Å². The second-order valence-electron chi connectivity index (χ2n) is 11.1. The van der Waals surface area contributed by atoms with Gasteiger partial charge in [0, 0.05) is 17.2 Å². The fourth-order valence-electron chi connectivity index (χ4n) is 5.11. The number of nitrogens with zero attached hydrogens (tertiary/aromatic N) is 1. The summed E-state index contributed by atoms with van der Waals surface area (Å²) < 4.78 is 0. The summed E-state index contributed by atoms with van der Waals surface area (Å²) in [6.07, 6.45) is 5.45. The zero-order valence-corrected chi connectivity index (χ0v) is 22.5. The van der Waals surface area contributed by atoms with Crippen LogP contribution >= 0.6 is 0 Å². The lowest BCUT2D eigenvalue weighted by Crippen LogP contribution is -2.27. The first kappa shape index (κ1) is 26.2. The molecule has 2 nitrogen and oxygen atoms in total. The van der Waals surface area contributed by atoms with Crippen LogP contribution < -0.4 is 0 Å². The van der Waals surface area contributed by atoms with Gasteiger partial charge in [0.05, 0.1) is 11.8 Å². The molecule has 0 saturated heterocycles. The Labute approximate surface area is 207 Å². The van der Waals surface area contributed by atoms with Gasteiger partial charge in [0.15, 0.2) is 0 Å². The molecule has 0 fully saturated rings. The molecule has 0 radical (unpaired) electrons. The summed E-state index contributed by atoms with van der Waals surface area (Å²) in [5, 5.41) is 10.5. The van der Waals surface area contributed by atoms with Crippen molar-refractivity contribution in [3.8, 4) is 11.3 Å². The van der Waals surface area contributed by atoms with Crippen LogP contribution in [0.15, 0.2) is 54.7 Å². The zero-order chi connectivity index (χ0) is 25.1. The van der Waals surface area contributed by atoms with Crippen LogP contribution in [0.2, 0.25) is 0 Å². The van der Waals surface area contributed by atoms with Crippen LogP contribution in [0, 0.1) is 26.2 Å². The molecular weight excluding hydrogens is 414 g/mol. The third-order valence-corrected chi connectivity index (χ3v) is 7.76. The second-order valence-corrected chi connectivity index (χ2v) is 11.1. The molecule has 0 bridgehead atoms. The van der Waals surface area contributed by atoms with E-state index in [4.69, 9.17) is 0 Å². The Morgan fingerprint density at radius 3 is 1.94 bits per heavy atom. The number of aliphatic hydroxyl groups excluding tert-OH is 1. The standard InChI is InChI=1S/C32H43NO/c1-9-32(10-2,26-14-12-25(23(4)19-26)13-18-30(34)31(6,7)8)27-15-16-28(24(5)20-27)29-17-11-22(3)21-33-29/h11-12,14-17,19-21,30,34H,9-10,13,18H2,1-8H3. The van der Waals surface area contributed by atoms with E-state index in [9.17, 15) is 5.11 Å². The molecule has 0 amide bonds. The van der Waals surface area contributed by atoms with Gasteiger partial charge in [-0.2, -0.15) is 0 Å². The van der Waals surface area contributed by atoms with Crippen LogP contribution in [-0.4, -0.2) is 16.2 Å². The summed E-state index contributed by atoms with van der Waals surface area (Å²) in [6.45, 7) is 17.4. The molecule has 2 heteroatoms. The van der Waals surface area contributed by atoms with Crippen molar-refractivity contribution in [3.63, 3.8) is 0 Å². The normalized spacial score (nSPS) is 13.2. The predicted molar refractivity (Wildman–Crippen MR) is 145 cm³/mol. The zero-order valence-electron chi connectivity index (χ0n) is 22.5. The molecular formula is C32H43NO. The number of aryl methyl sites for hydroxylation is 4. The Morgan fingerprint density at radius 1 is 0.824 bits per heavy atom. The maximum atomic E-state index is 10.5. The summed E-state index contributed by atoms with van der Waals surface area (Å²) >= 11 is 0. The highest BCUT2D eigenvalue weighted by atomic mass is 16.3. The molecule has 2 aromatic carbocycles. The van der Waals surface area contributed by atoms with Gasteiger partial charge < -0.3 is 5.11 Å². The molecule has 1 heterocycles. The van der Waals surface area contributed by atoms with Crippen LogP contribution in [-0.2, 0) is 11.8 Å². The van der Waals surface area contributed by atoms with Crippen LogP contribution in [0.5, 0.6) is 0 Å². The summed E-state index contributed by atoms with van der Waals surface area (Å²) in [6, 6.07) is 18.2. The number of aliphatic hydroxyl groups is 1. The fourth-order valence-corrected chi connectivity index (χ4v) is 5.11. The van der Waals surface area contributed by atoms with Crippen molar-refractivity contribution in [1.29, 1.82) is 0 Å². The molecule has 0 spiro atoms. The Morgan fingerprint density at radius 2 is 1.44 bits per heavy atom. The number of aromatic nitrogens is 1. The topological polar surface area (TPSA) is 33.1 Å². The van der Waals surface area contributed by atoms with Crippen molar-refractivity contribution in [2.75, 3.05) is 0 Å². The van der Waals surface area contributed by atoms with Crippen LogP contribution in [0.4, 0.5) is 0 Å². The Kier molecular flexibility index (Phi) is 8.03. The third kappa shape index (κ3) is 5.44. The minimum atomic E-state index is -0.290. The van der Waals surface area contributed by atoms with E-state index in [0.29, 0.717) is 0 Å². The van der Waals surface area contributed by atoms with Crippen LogP contribution in [0.1, 0.15) is 87.3 Å². The lowest BCUT2D eigenvalue weighted by atomic mass is 9.69. The smallest absolute Gasteiger partial charge is 0.0704 e. The van der Waals surface area contributed by atoms with Crippen molar-refractivity contribution in [1.82, 2.24) is 4.98 Å². The van der Waals surface area contributed by atoms with E-state index in [1.807, 2.05) is 6.20 Å². The molecule has 34 heavy (non-hydrogen) atoms. The number of benzene rings is 2.